The van der Waals surface area contributed by atoms with Crippen LogP contribution in [-0.2, 0) is 0 Å². The molecule has 4 nitrogen and oxygen atoms in total. The van der Waals surface area contributed by atoms with Crippen LogP contribution in [0.1, 0.15) is 10.4 Å². The molecule has 3 rings (SSSR count). The monoisotopic (exact) mass is 363 g/mol. The lowest BCUT2D eigenvalue weighted by molar-refractivity contribution is 0.0699. The zero-order chi connectivity index (χ0) is 15.0. The van der Waals surface area contributed by atoms with E-state index in [1.54, 1.807) is 31.4 Å². The number of halogens is 1. The Hall–Kier alpha value is -1.92. The molecule has 106 valence electrons. The van der Waals surface area contributed by atoms with Crippen LogP contribution in [0.15, 0.2) is 40.2 Å². The van der Waals surface area contributed by atoms with Gasteiger partial charge in [-0.05, 0) is 46.3 Å². The third kappa shape index (κ3) is 2.64. The zero-order valence-corrected chi connectivity index (χ0v) is 13.4. The number of fused-ring (bicyclic) bond motifs is 1. The van der Waals surface area contributed by atoms with E-state index < -0.39 is 5.97 Å². The summed E-state index contributed by atoms with van der Waals surface area (Å²) in [7, 11) is 1.57. The van der Waals surface area contributed by atoms with E-state index in [2.05, 4.69) is 20.9 Å². The van der Waals surface area contributed by atoms with Crippen LogP contribution in [0.25, 0.3) is 21.5 Å². The summed E-state index contributed by atoms with van der Waals surface area (Å²) in [6, 6.07) is 10.6. The van der Waals surface area contributed by atoms with Gasteiger partial charge in [0, 0.05) is 11.5 Å². The second kappa shape index (κ2) is 5.46. The summed E-state index contributed by atoms with van der Waals surface area (Å²) in [5.74, 6) is -0.319. The van der Waals surface area contributed by atoms with Crippen LogP contribution < -0.4 is 4.74 Å². The summed E-state index contributed by atoms with van der Waals surface area (Å²) in [6.45, 7) is 0. The van der Waals surface area contributed by atoms with Gasteiger partial charge in [0.05, 0.1) is 32.5 Å². The number of aromatic carboxylic acids is 1. The smallest absolute Gasteiger partial charge is 0.336 e. The number of aromatic nitrogens is 1. The number of carboxylic acids is 1. The first-order valence-electron chi connectivity index (χ1n) is 6.06. The molecule has 0 aliphatic rings. The van der Waals surface area contributed by atoms with Gasteiger partial charge in [-0.3, -0.25) is 0 Å². The first-order chi connectivity index (χ1) is 10.1. The van der Waals surface area contributed by atoms with Gasteiger partial charge in [0.1, 0.15) is 5.75 Å². The highest BCUT2D eigenvalue weighted by Gasteiger charge is 2.14. The van der Waals surface area contributed by atoms with Crippen LogP contribution in [-0.4, -0.2) is 23.2 Å². The van der Waals surface area contributed by atoms with Crippen LogP contribution in [0, 0.1) is 0 Å². The van der Waals surface area contributed by atoms with Crippen LogP contribution in [0.2, 0.25) is 0 Å². The molecule has 0 bridgehead atoms. The molecule has 6 heteroatoms. The molecule has 0 unspecified atom stereocenters. The van der Waals surface area contributed by atoms with Gasteiger partial charge in [0.15, 0.2) is 0 Å². The predicted molar refractivity (Wildman–Crippen MR) is 86.3 cm³/mol. The highest BCUT2D eigenvalue weighted by molar-refractivity contribution is 9.11. The van der Waals surface area contributed by atoms with Crippen LogP contribution in [0.3, 0.4) is 0 Å². The number of hydrogen-bond donors (Lipinski definition) is 1. The van der Waals surface area contributed by atoms with Gasteiger partial charge in [-0.2, -0.15) is 0 Å². The summed E-state index contributed by atoms with van der Waals surface area (Å²) < 4.78 is 6.15. The Kier molecular flexibility index (Phi) is 3.65. The van der Waals surface area contributed by atoms with E-state index in [0.717, 1.165) is 8.66 Å². The molecule has 0 atom stereocenters. The fourth-order valence-corrected chi connectivity index (χ4v) is 3.44. The average Bonchev–Trinajstić information content (AvgIpc) is 2.91. The van der Waals surface area contributed by atoms with Crippen molar-refractivity contribution in [3.63, 3.8) is 0 Å². The largest absolute Gasteiger partial charge is 0.497 e. The second-order valence-corrected chi connectivity index (χ2v) is 6.81. The number of ether oxygens (including phenoxy) is 1. The highest BCUT2D eigenvalue weighted by atomic mass is 79.9. The van der Waals surface area contributed by atoms with Gasteiger partial charge < -0.3 is 9.84 Å². The summed E-state index contributed by atoms with van der Waals surface area (Å²) in [6.07, 6.45) is 0. The molecule has 0 fully saturated rings. The Morgan fingerprint density at radius 1 is 1.29 bits per heavy atom. The first kappa shape index (κ1) is 14.0. The summed E-state index contributed by atoms with van der Waals surface area (Å²) in [5.41, 5.74) is 1.49. The van der Waals surface area contributed by atoms with Gasteiger partial charge in [0.25, 0.3) is 0 Å². The van der Waals surface area contributed by atoms with Gasteiger partial charge in [-0.15, -0.1) is 11.3 Å². The van der Waals surface area contributed by atoms with Crippen molar-refractivity contribution in [2.75, 3.05) is 7.11 Å². The number of nitrogens with zero attached hydrogens (tertiary/aromatic N) is 1. The van der Waals surface area contributed by atoms with E-state index in [-0.39, 0.29) is 5.56 Å². The molecule has 1 N–H and O–H groups in total. The summed E-state index contributed by atoms with van der Waals surface area (Å²) in [5, 5.41) is 10.0. The van der Waals surface area contributed by atoms with Crippen molar-refractivity contribution in [1.29, 1.82) is 0 Å². The number of pyridine rings is 1. The second-order valence-electron chi connectivity index (χ2n) is 4.35. The van der Waals surface area contributed by atoms with Crippen LogP contribution in [0.4, 0.5) is 0 Å². The molecule has 1 aromatic carbocycles. The predicted octanol–water partition coefficient (Wildman–Crippen LogP) is 4.43. The number of methoxy groups -OCH3 is 1. The van der Waals surface area contributed by atoms with E-state index >= 15 is 0 Å². The maximum absolute atomic E-state index is 11.5. The van der Waals surface area contributed by atoms with Gasteiger partial charge in [-0.1, -0.05) is 0 Å². The number of carboxylic acid groups (broad SMARTS) is 1. The number of carbonyl (C=O) groups is 1. The summed E-state index contributed by atoms with van der Waals surface area (Å²) in [4.78, 5) is 17.0. The molecule has 0 saturated heterocycles. The molecule has 0 aliphatic carbocycles. The summed E-state index contributed by atoms with van der Waals surface area (Å²) >= 11 is 4.91. The Morgan fingerprint density at radius 3 is 2.71 bits per heavy atom. The zero-order valence-electron chi connectivity index (χ0n) is 11.0. The van der Waals surface area contributed by atoms with Gasteiger partial charge >= 0.3 is 5.97 Å². The average molecular weight is 364 g/mol. The minimum absolute atomic E-state index is 0.238. The minimum Gasteiger partial charge on any atom is -0.497 e. The third-order valence-corrected chi connectivity index (χ3v) is 4.72. The minimum atomic E-state index is -0.968. The number of benzene rings is 1. The number of rotatable bonds is 3. The topological polar surface area (TPSA) is 59.4 Å². The van der Waals surface area contributed by atoms with Crippen molar-refractivity contribution >= 4 is 44.1 Å². The van der Waals surface area contributed by atoms with Gasteiger partial charge in [0.2, 0.25) is 0 Å². The maximum Gasteiger partial charge on any atom is 0.336 e. The van der Waals surface area contributed by atoms with Crippen LogP contribution >= 0.6 is 27.3 Å². The van der Waals surface area contributed by atoms with E-state index in [4.69, 9.17) is 4.74 Å². The highest BCUT2D eigenvalue weighted by Crippen LogP contribution is 2.33. The normalized spacial score (nSPS) is 10.8. The maximum atomic E-state index is 11.5. The number of thiophene rings is 1. The van der Waals surface area contributed by atoms with Crippen molar-refractivity contribution in [2.24, 2.45) is 0 Å². The van der Waals surface area contributed by atoms with Crippen LogP contribution in [0.5, 0.6) is 5.75 Å². The molecule has 0 spiro atoms. The van der Waals surface area contributed by atoms with E-state index in [1.165, 1.54) is 11.3 Å². The Bertz CT molecular complexity index is 844. The molecule has 3 aromatic rings. The Balaban J connectivity index is 2.29. The fourth-order valence-electron chi connectivity index (χ4n) is 2.09. The molecule has 2 aromatic heterocycles. The van der Waals surface area contributed by atoms with Crippen molar-refractivity contribution in [2.45, 2.75) is 0 Å². The lowest BCUT2D eigenvalue weighted by atomic mass is 10.1. The molecule has 0 radical (unpaired) electrons. The Labute approximate surface area is 133 Å². The van der Waals surface area contributed by atoms with Gasteiger partial charge in [-0.25, -0.2) is 9.78 Å². The lowest BCUT2D eigenvalue weighted by Crippen LogP contribution is -2.00. The van der Waals surface area contributed by atoms with Crippen molar-refractivity contribution in [3.05, 3.63) is 45.7 Å². The van der Waals surface area contributed by atoms with E-state index in [1.807, 2.05) is 12.1 Å². The molecular weight excluding hydrogens is 354 g/mol. The Morgan fingerprint density at radius 2 is 2.10 bits per heavy atom. The molecule has 0 amide bonds. The quantitative estimate of drug-likeness (QED) is 0.747. The fraction of sp³-hybridized carbons (Fsp3) is 0.0667. The van der Waals surface area contributed by atoms with Crippen molar-refractivity contribution < 1.29 is 14.6 Å². The molecule has 0 saturated carbocycles. The third-order valence-electron chi connectivity index (χ3n) is 3.07. The molecule has 2 heterocycles. The number of hydrogen-bond acceptors (Lipinski definition) is 4. The molecule has 0 aliphatic heterocycles. The van der Waals surface area contributed by atoms with Crippen molar-refractivity contribution in [3.8, 4) is 16.3 Å². The SMILES string of the molecule is COc1ccc2c(C(=O)O)cc(-c3ccc(Br)s3)nc2c1. The van der Waals surface area contributed by atoms with Crippen molar-refractivity contribution in [1.82, 2.24) is 4.98 Å². The lowest BCUT2D eigenvalue weighted by Gasteiger charge is -2.07. The standard InChI is InChI=1S/C15H10BrNO3S/c1-20-8-2-3-9-10(15(18)19)7-12(17-11(9)6-8)13-4-5-14(16)21-13/h2-7H,1H3,(H,18,19). The first-order valence-corrected chi connectivity index (χ1v) is 7.67. The van der Waals surface area contributed by atoms with E-state index in [0.29, 0.717) is 22.3 Å². The van der Waals surface area contributed by atoms with E-state index in [9.17, 15) is 9.90 Å². The molecule has 21 heavy (non-hydrogen) atoms. The molecular formula is C15H10BrNO3S.